The molecule has 0 heterocycles. The Bertz CT molecular complexity index is 524. The van der Waals surface area contributed by atoms with Crippen molar-refractivity contribution in [1.29, 1.82) is 0 Å². The molecule has 1 saturated carbocycles. The fourth-order valence-electron chi connectivity index (χ4n) is 2.98. The van der Waals surface area contributed by atoms with Gasteiger partial charge in [0, 0.05) is 31.3 Å². The Morgan fingerprint density at radius 1 is 1.26 bits per heavy atom. The highest BCUT2D eigenvalue weighted by Gasteiger charge is 2.19. The summed E-state index contributed by atoms with van der Waals surface area (Å²) in [5.41, 5.74) is 0.977. The minimum Gasteiger partial charge on any atom is -0.335 e. The van der Waals surface area contributed by atoms with E-state index in [9.17, 15) is 14.9 Å². The number of non-ortho nitro benzene ring substituents is 1. The summed E-state index contributed by atoms with van der Waals surface area (Å²) in [4.78, 5) is 24.6. The van der Waals surface area contributed by atoms with Crippen LogP contribution < -0.4 is 5.32 Å². The molecule has 0 bridgehead atoms. The van der Waals surface area contributed by atoms with Crippen molar-refractivity contribution in [3.8, 4) is 0 Å². The van der Waals surface area contributed by atoms with Crippen molar-refractivity contribution in [3.63, 3.8) is 0 Å². The zero-order valence-corrected chi connectivity index (χ0v) is 13.7. The van der Waals surface area contributed by atoms with Crippen molar-refractivity contribution in [2.75, 3.05) is 6.54 Å². The number of rotatable bonds is 6. The highest BCUT2D eigenvalue weighted by molar-refractivity contribution is 5.74. The lowest BCUT2D eigenvalue weighted by Crippen LogP contribution is -2.45. The van der Waals surface area contributed by atoms with Crippen molar-refractivity contribution in [1.82, 2.24) is 10.2 Å². The van der Waals surface area contributed by atoms with Gasteiger partial charge in [-0.3, -0.25) is 10.1 Å². The van der Waals surface area contributed by atoms with E-state index in [0.717, 1.165) is 24.8 Å². The summed E-state index contributed by atoms with van der Waals surface area (Å²) < 4.78 is 0. The third-order valence-electron chi connectivity index (χ3n) is 4.23. The van der Waals surface area contributed by atoms with E-state index in [1.54, 1.807) is 17.0 Å². The molecule has 6 nitrogen and oxygen atoms in total. The zero-order valence-electron chi connectivity index (χ0n) is 13.7. The van der Waals surface area contributed by atoms with Gasteiger partial charge in [0.2, 0.25) is 0 Å². The monoisotopic (exact) mass is 319 g/mol. The third-order valence-corrected chi connectivity index (χ3v) is 4.23. The van der Waals surface area contributed by atoms with E-state index < -0.39 is 4.92 Å². The molecule has 1 aliphatic rings. The molecule has 1 aliphatic carbocycles. The van der Waals surface area contributed by atoms with Crippen LogP contribution in [0.15, 0.2) is 24.3 Å². The number of hydrogen-bond donors (Lipinski definition) is 1. The lowest BCUT2D eigenvalue weighted by Gasteiger charge is -2.28. The lowest BCUT2D eigenvalue weighted by molar-refractivity contribution is -0.384. The smallest absolute Gasteiger partial charge is 0.317 e. The van der Waals surface area contributed by atoms with Crippen LogP contribution in [-0.4, -0.2) is 28.4 Å². The van der Waals surface area contributed by atoms with Gasteiger partial charge >= 0.3 is 6.03 Å². The van der Waals surface area contributed by atoms with Gasteiger partial charge in [-0.15, -0.1) is 0 Å². The maximum absolute atomic E-state index is 12.5. The standard InChI is InChI=1S/C17H25N3O3/c1-2-12-19(17(21)18-15-6-4-3-5-7-15)13-14-8-10-16(11-9-14)20(22)23/h8-11,15H,2-7,12-13H2,1H3,(H,18,21). The molecule has 23 heavy (non-hydrogen) atoms. The molecule has 0 unspecified atom stereocenters. The van der Waals surface area contributed by atoms with E-state index in [2.05, 4.69) is 5.32 Å². The predicted molar refractivity (Wildman–Crippen MR) is 89.2 cm³/mol. The lowest BCUT2D eigenvalue weighted by atomic mass is 9.96. The molecule has 6 heteroatoms. The maximum atomic E-state index is 12.5. The number of nitro groups is 1. The van der Waals surface area contributed by atoms with Crippen LogP contribution in [0.2, 0.25) is 0 Å². The van der Waals surface area contributed by atoms with Gasteiger partial charge in [-0.2, -0.15) is 0 Å². The number of urea groups is 1. The number of hydrogen-bond acceptors (Lipinski definition) is 3. The molecule has 126 valence electrons. The summed E-state index contributed by atoms with van der Waals surface area (Å²) in [6.45, 7) is 3.19. The Hall–Kier alpha value is -2.11. The number of benzene rings is 1. The molecule has 1 fully saturated rings. The van der Waals surface area contributed by atoms with Crippen LogP contribution in [-0.2, 0) is 6.54 Å². The number of nitrogens with one attached hydrogen (secondary N) is 1. The van der Waals surface area contributed by atoms with Crippen LogP contribution in [0.1, 0.15) is 51.0 Å². The Balaban J connectivity index is 1.96. The molecule has 1 aromatic carbocycles. The second-order valence-electron chi connectivity index (χ2n) is 6.13. The minimum atomic E-state index is -0.413. The molecule has 0 aliphatic heterocycles. The molecule has 0 atom stereocenters. The van der Waals surface area contributed by atoms with Gasteiger partial charge < -0.3 is 10.2 Å². The summed E-state index contributed by atoms with van der Waals surface area (Å²) >= 11 is 0. The quantitative estimate of drug-likeness (QED) is 0.639. The number of carbonyl (C=O) groups is 1. The zero-order chi connectivity index (χ0) is 16.7. The number of nitrogens with zero attached hydrogens (tertiary/aromatic N) is 2. The second kappa shape index (κ2) is 8.50. The molecule has 0 spiro atoms. The molecule has 0 saturated heterocycles. The van der Waals surface area contributed by atoms with Crippen molar-refractivity contribution in [2.45, 2.75) is 58.0 Å². The van der Waals surface area contributed by atoms with Crippen LogP contribution >= 0.6 is 0 Å². The molecule has 1 aromatic rings. The van der Waals surface area contributed by atoms with E-state index in [0.29, 0.717) is 13.1 Å². The summed E-state index contributed by atoms with van der Waals surface area (Å²) in [5, 5.41) is 13.8. The van der Waals surface area contributed by atoms with Crippen molar-refractivity contribution in [2.24, 2.45) is 0 Å². The Morgan fingerprint density at radius 3 is 2.48 bits per heavy atom. The third kappa shape index (κ3) is 5.23. The van der Waals surface area contributed by atoms with Gasteiger partial charge in [-0.1, -0.05) is 38.3 Å². The first-order valence-corrected chi connectivity index (χ1v) is 8.39. The van der Waals surface area contributed by atoms with Crippen molar-refractivity contribution >= 4 is 11.7 Å². The highest BCUT2D eigenvalue weighted by Crippen LogP contribution is 2.18. The van der Waals surface area contributed by atoms with Crippen LogP contribution in [0.5, 0.6) is 0 Å². The predicted octanol–water partition coefficient (Wildman–Crippen LogP) is 3.85. The van der Waals surface area contributed by atoms with Gasteiger partial charge in [0.05, 0.1) is 4.92 Å². The molecular formula is C17H25N3O3. The summed E-state index contributed by atoms with van der Waals surface area (Å²) in [5.74, 6) is 0. The molecule has 0 aromatic heterocycles. The maximum Gasteiger partial charge on any atom is 0.317 e. The van der Waals surface area contributed by atoms with Gasteiger partial charge in [-0.05, 0) is 24.8 Å². The first-order chi connectivity index (χ1) is 11.1. The normalized spacial score (nSPS) is 15.2. The first-order valence-electron chi connectivity index (χ1n) is 8.39. The van der Waals surface area contributed by atoms with E-state index in [1.807, 2.05) is 6.92 Å². The molecule has 0 radical (unpaired) electrons. The van der Waals surface area contributed by atoms with E-state index >= 15 is 0 Å². The van der Waals surface area contributed by atoms with Crippen molar-refractivity contribution in [3.05, 3.63) is 39.9 Å². The van der Waals surface area contributed by atoms with Gasteiger partial charge in [0.15, 0.2) is 0 Å². The van der Waals surface area contributed by atoms with E-state index in [4.69, 9.17) is 0 Å². The Labute approximate surface area is 137 Å². The largest absolute Gasteiger partial charge is 0.335 e. The van der Waals surface area contributed by atoms with Gasteiger partial charge in [-0.25, -0.2) is 4.79 Å². The van der Waals surface area contributed by atoms with E-state index in [-0.39, 0.29) is 17.8 Å². The van der Waals surface area contributed by atoms with Crippen LogP contribution in [0, 0.1) is 10.1 Å². The second-order valence-corrected chi connectivity index (χ2v) is 6.13. The number of amides is 2. The number of nitro benzene ring substituents is 1. The summed E-state index contributed by atoms with van der Waals surface area (Å²) in [6, 6.07) is 6.66. The molecular weight excluding hydrogens is 294 g/mol. The fourth-order valence-corrected chi connectivity index (χ4v) is 2.98. The first kappa shape index (κ1) is 17.2. The summed E-state index contributed by atoms with van der Waals surface area (Å²) in [7, 11) is 0. The van der Waals surface area contributed by atoms with Crippen LogP contribution in [0.3, 0.4) is 0 Å². The Morgan fingerprint density at radius 2 is 1.91 bits per heavy atom. The minimum absolute atomic E-state index is 0.0305. The highest BCUT2D eigenvalue weighted by atomic mass is 16.6. The average molecular weight is 319 g/mol. The van der Waals surface area contributed by atoms with Crippen molar-refractivity contribution < 1.29 is 9.72 Å². The average Bonchev–Trinajstić information content (AvgIpc) is 2.56. The SMILES string of the molecule is CCCN(Cc1ccc([N+](=O)[O-])cc1)C(=O)NC1CCCCC1. The fraction of sp³-hybridized carbons (Fsp3) is 0.588. The van der Waals surface area contributed by atoms with Gasteiger partial charge in [0.25, 0.3) is 5.69 Å². The molecule has 2 amide bonds. The molecule has 1 N–H and O–H groups in total. The van der Waals surface area contributed by atoms with Crippen LogP contribution in [0.25, 0.3) is 0 Å². The van der Waals surface area contributed by atoms with Crippen LogP contribution in [0.4, 0.5) is 10.5 Å². The summed E-state index contributed by atoms with van der Waals surface area (Å²) in [6.07, 6.45) is 6.62. The Kier molecular flexibility index (Phi) is 6.38. The van der Waals surface area contributed by atoms with Gasteiger partial charge in [0.1, 0.15) is 0 Å². The number of carbonyl (C=O) groups excluding carboxylic acids is 1. The molecule has 2 rings (SSSR count). The van der Waals surface area contributed by atoms with E-state index in [1.165, 1.54) is 31.4 Å². The topological polar surface area (TPSA) is 75.5 Å².